The lowest BCUT2D eigenvalue weighted by Gasteiger charge is -2.10. The molecule has 3 aromatic rings. The molecule has 0 aliphatic carbocycles. The molecule has 0 radical (unpaired) electrons. The third-order valence-electron chi connectivity index (χ3n) is 3.97. The van der Waals surface area contributed by atoms with Crippen molar-refractivity contribution in [2.75, 3.05) is 6.26 Å². The predicted octanol–water partition coefficient (Wildman–Crippen LogP) is 1.63. The number of nitrogens with zero attached hydrogens (tertiary/aromatic N) is 3. The van der Waals surface area contributed by atoms with Crippen molar-refractivity contribution in [3.63, 3.8) is 0 Å². The Labute approximate surface area is 139 Å². The average molecular weight is 343 g/mol. The van der Waals surface area contributed by atoms with Crippen LogP contribution in [0.1, 0.15) is 16.7 Å². The molecule has 0 atom stereocenters. The molecule has 2 aromatic heterocycles. The second-order valence-electron chi connectivity index (χ2n) is 5.84. The number of aromatic nitrogens is 3. The van der Waals surface area contributed by atoms with Gasteiger partial charge in [-0.2, -0.15) is 4.98 Å². The van der Waals surface area contributed by atoms with Gasteiger partial charge in [-0.05, 0) is 24.1 Å². The third-order valence-corrected chi connectivity index (χ3v) is 4.83. The first-order valence-electron chi connectivity index (χ1n) is 7.37. The van der Waals surface area contributed by atoms with Crippen molar-refractivity contribution in [2.45, 2.75) is 18.5 Å². The van der Waals surface area contributed by atoms with Crippen LogP contribution in [0, 0.1) is 6.92 Å². The molecule has 7 heteroatoms. The Morgan fingerprint density at radius 2 is 1.88 bits per heavy atom. The van der Waals surface area contributed by atoms with E-state index in [1.807, 2.05) is 31.2 Å². The maximum absolute atomic E-state index is 12.6. The van der Waals surface area contributed by atoms with E-state index >= 15 is 0 Å². The molecule has 0 saturated heterocycles. The number of hydrogen-bond acceptors (Lipinski definition) is 5. The van der Waals surface area contributed by atoms with Crippen LogP contribution in [0.25, 0.3) is 11.0 Å². The Bertz CT molecular complexity index is 1100. The molecule has 0 N–H and O–H groups in total. The number of benzene rings is 1. The van der Waals surface area contributed by atoms with Crippen LogP contribution >= 0.6 is 0 Å². The van der Waals surface area contributed by atoms with Gasteiger partial charge in [0.2, 0.25) is 15.0 Å². The summed E-state index contributed by atoms with van der Waals surface area (Å²) in [4.78, 5) is 20.5. The number of hydrogen-bond donors (Lipinski definition) is 0. The average Bonchev–Trinajstić information content (AvgIpc) is 2.53. The highest BCUT2D eigenvalue weighted by atomic mass is 32.2. The van der Waals surface area contributed by atoms with Crippen molar-refractivity contribution in [1.82, 2.24) is 14.5 Å². The van der Waals surface area contributed by atoms with Gasteiger partial charge in [0.05, 0.1) is 0 Å². The third kappa shape index (κ3) is 2.94. The number of fused-ring (bicyclic) bond motifs is 1. The van der Waals surface area contributed by atoms with E-state index in [4.69, 9.17) is 0 Å². The molecule has 0 spiro atoms. The molecule has 6 nitrogen and oxygen atoms in total. The molecule has 0 saturated carbocycles. The van der Waals surface area contributed by atoms with Crippen LogP contribution in [0.3, 0.4) is 0 Å². The highest BCUT2D eigenvalue weighted by Gasteiger charge is 2.15. The highest BCUT2D eigenvalue weighted by Crippen LogP contribution is 2.16. The van der Waals surface area contributed by atoms with Gasteiger partial charge in [-0.25, -0.2) is 13.4 Å². The second-order valence-corrected chi connectivity index (χ2v) is 7.75. The monoisotopic (exact) mass is 343 g/mol. The summed E-state index contributed by atoms with van der Waals surface area (Å²) in [6.07, 6.45) is 2.99. The number of aryl methyl sites for hydroxylation is 2. The van der Waals surface area contributed by atoms with Crippen LogP contribution in [0.2, 0.25) is 0 Å². The largest absolute Gasteiger partial charge is 0.295 e. The maximum atomic E-state index is 12.6. The topological polar surface area (TPSA) is 81.9 Å². The first-order chi connectivity index (χ1) is 11.3. The first-order valence-corrected chi connectivity index (χ1v) is 9.27. The van der Waals surface area contributed by atoms with Crippen LogP contribution in [0.15, 0.2) is 46.5 Å². The predicted molar refractivity (Wildman–Crippen MR) is 91.9 cm³/mol. The van der Waals surface area contributed by atoms with Gasteiger partial charge in [0.15, 0.2) is 0 Å². The van der Waals surface area contributed by atoms with Crippen LogP contribution in [-0.2, 0) is 23.3 Å². The summed E-state index contributed by atoms with van der Waals surface area (Å²) < 4.78 is 24.6. The van der Waals surface area contributed by atoms with Gasteiger partial charge in [-0.15, -0.1) is 0 Å². The smallest absolute Gasteiger partial charge is 0.255 e. The molecule has 3 rings (SSSR count). The fraction of sp³-hybridized carbons (Fsp3) is 0.235. The van der Waals surface area contributed by atoms with E-state index < -0.39 is 9.84 Å². The molecule has 0 aliphatic heterocycles. The fourth-order valence-electron chi connectivity index (χ4n) is 2.62. The van der Waals surface area contributed by atoms with Crippen LogP contribution in [0.5, 0.6) is 0 Å². The minimum Gasteiger partial charge on any atom is -0.295 e. The SMILES string of the molecule is Cc1ccccc1Cc1cc2cnc(S(C)(=O)=O)nc2n(C)c1=O. The van der Waals surface area contributed by atoms with Crippen molar-refractivity contribution >= 4 is 20.9 Å². The van der Waals surface area contributed by atoms with Crippen molar-refractivity contribution in [3.8, 4) is 0 Å². The van der Waals surface area contributed by atoms with Crippen LogP contribution in [0.4, 0.5) is 0 Å². The molecule has 2 heterocycles. The zero-order valence-electron chi connectivity index (χ0n) is 13.6. The Balaban J connectivity index is 2.17. The number of pyridine rings is 1. The normalized spacial score (nSPS) is 11.8. The Hall–Kier alpha value is -2.54. The van der Waals surface area contributed by atoms with Crippen LogP contribution in [-0.4, -0.2) is 29.2 Å². The summed E-state index contributed by atoms with van der Waals surface area (Å²) in [5.74, 6) is 0. The molecule has 0 bridgehead atoms. The lowest BCUT2D eigenvalue weighted by atomic mass is 10.0. The minimum absolute atomic E-state index is 0.191. The fourth-order valence-corrected chi connectivity index (χ4v) is 3.11. The first kappa shape index (κ1) is 16.3. The molecule has 0 fully saturated rings. The Morgan fingerprint density at radius 1 is 1.17 bits per heavy atom. The molecule has 124 valence electrons. The van der Waals surface area contributed by atoms with Crippen molar-refractivity contribution < 1.29 is 8.42 Å². The van der Waals surface area contributed by atoms with Gasteiger partial charge in [0, 0.05) is 36.9 Å². The maximum Gasteiger partial charge on any atom is 0.255 e. The lowest BCUT2D eigenvalue weighted by Crippen LogP contribution is -2.23. The summed E-state index contributed by atoms with van der Waals surface area (Å²) >= 11 is 0. The van der Waals surface area contributed by atoms with Crippen molar-refractivity contribution in [2.24, 2.45) is 7.05 Å². The summed E-state index contributed by atoms with van der Waals surface area (Å²) in [7, 11) is -1.94. The van der Waals surface area contributed by atoms with Gasteiger partial charge in [0.1, 0.15) is 5.65 Å². The standard InChI is InChI=1S/C17H17N3O3S/c1-11-6-4-5-7-12(11)8-13-9-14-10-18-17(24(3,22)23)19-15(14)20(2)16(13)21/h4-7,9-10H,8H2,1-3H3. The molecule has 0 amide bonds. The van der Waals surface area contributed by atoms with E-state index in [9.17, 15) is 13.2 Å². The van der Waals surface area contributed by atoms with E-state index in [-0.39, 0.29) is 10.7 Å². The quantitative estimate of drug-likeness (QED) is 0.675. The summed E-state index contributed by atoms with van der Waals surface area (Å²) in [5.41, 5.74) is 2.92. The van der Waals surface area contributed by atoms with E-state index in [2.05, 4.69) is 9.97 Å². The van der Waals surface area contributed by atoms with Gasteiger partial charge < -0.3 is 0 Å². The summed E-state index contributed by atoms with van der Waals surface area (Å²) in [6, 6.07) is 9.62. The Kier molecular flexibility index (Phi) is 3.96. The second kappa shape index (κ2) is 5.83. The van der Waals surface area contributed by atoms with Gasteiger partial charge in [0.25, 0.3) is 5.56 Å². The number of sulfone groups is 1. The van der Waals surface area contributed by atoms with Gasteiger partial charge in [-0.1, -0.05) is 24.3 Å². The highest BCUT2D eigenvalue weighted by molar-refractivity contribution is 7.90. The molecular formula is C17H17N3O3S. The van der Waals surface area contributed by atoms with E-state index in [1.165, 1.54) is 10.8 Å². The van der Waals surface area contributed by atoms with E-state index in [1.54, 1.807) is 13.1 Å². The van der Waals surface area contributed by atoms with Crippen molar-refractivity contribution in [3.05, 3.63) is 63.6 Å². The van der Waals surface area contributed by atoms with Crippen LogP contribution < -0.4 is 5.56 Å². The molecule has 0 aliphatic rings. The lowest BCUT2D eigenvalue weighted by molar-refractivity contribution is 0.593. The van der Waals surface area contributed by atoms with Gasteiger partial charge in [-0.3, -0.25) is 9.36 Å². The molecule has 24 heavy (non-hydrogen) atoms. The Morgan fingerprint density at radius 3 is 2.54 bits per heavy atom. The molecule has 1 aromatic carbocycles. The zero-order chi connectivity index (χ0) is 17.5. The zero-order valence-corrected chi connectivity index (χ0v) is 14.5. The molecular weight excluding hydrogens is 326 g/mol. The minimum atomic E-state index is -3.53. The van der Waals surface area contributed by atoms with Crippen molar-refractivity contribution in [1.29, 1.82) is 0 Å². The van der Waals surface area contributed by atoms with E-state index in [0.717, 1.165) is 17.4 Å². The summed E-state index contributed by atoms with van der Waals surface area (Å²) in [6.45, 7) is 2.00. The number of rotatable bonds is 3. The molecule has 0 unspecified atom stereocenters. The summed E-state index contributed by atoms with van der Waals surface area (Å²) in [5, 5.41) is 0.352. The van der Waals surface area contributed by atoms with E-state index in [0.29, 0.717) is 23.0 Å². The van der Waals surface area contributed by atoms with Gasteiger partial charge >= 0.3 is 0 Å².